The summed E-state index contributed by atoms with van der Waals surface area (Å²) in [5.74, 6) is -0.486. The molecule has 1 aliphatic carbocycles. The number of methoxy groups -OCH3 is 1. The second kappa shape index (κ2) is 8.01. The predicted octanol–water partition coefficient (Wildman–Crippen LogP) is 4.28. The first-order valence-electron chi connectivity index (χ1n) is 8.42. The van der Waals surface area contributed by atoms with E-state index in [1.807, 2.05) is 12.3 Å². The number of pyridine rings is 1. The van der Waals surface area contributed by atoms with Gasteiger partial charge < -0.3 is 15.4 Å². The third kappa shape index (κ3) is 3.97. The number of carbonyl (C=O) groups is 1. The van der Waals surface area contributed by atoms with Crippen LogP contribution in [0.5, 0.6) is 0 Å². The number of nitrogens with zero attached hydrogens (tertiary/aromatic N) is 1. The lowest BCUT2D eigenvalue weighted by atomic mass is 9.89. The molecule has 136 valence electrons. The Kier molecular flexibility index (Phi) is 5.74. The minimum Gasteiger partial charge on any atom is -0.465 e. The minimum atomic E-state index is -0.486. The molecule has 1 aromatic heterocycles. The summed E-state index contributed by atoms with van der Waals surface area (Å²) in [6.45, 7) is 0. The second-order valence-electron chi connectivity index (χ2n) is 6.30. The molecule has 3 rings (SSSR count). The van der Waals surface area contributed by atoms with Gasteiger partial charge in [0.1, 0.15) is 0 Å². The van der Waals surface area contributed by atoms with Gasteiger partial charge in [-0.2, -0.15) is 0 Å². The molecule has 26 heavy (non-hydrogen) atoms. The normalized spacial score (nSPS) is 15.3. The van der Waals surface area contributed by atoms with E-state index in [0.717, 1.165) is 31.2 Å². The van der Waals surface area contributed by atoms with E-state index in [2.05, 4.69) is 21.7 Å². The fraction of sp³-hybridized carbons (Fsp3) is 0.316. The molecule has 0 aliphatic heterocycles. The van der Waals surface area contributed by atoms with Crippen molar-refractivity contribution in [1.82, 2.24) is 10.3 Å². The molecule has 1 fully saturated rings. The fourth-order valence-electron chi connectivity index (χ4n) is 3.36. The maximum absolute atomic E-state index is 11.8. The van der Waals surface area contributed by atoms with Gasteiger partial charge in [0.25, 0.3) is 0 Å². The average Bonchev–Trinajstić information content (AvgIpc) is 3.13. The van der Waals surface area contributed by atoms with Crippen LogP contribution in [0.1, 0.15) is 41.6 Å². The molecule has 0 bridgehead atoms. The van der Waals surface area contributed by atoms with Gasteiger partial charge in [0.05, 0.1) is 23.2 Å². The zero-order valence-electron chi connectivity index (χ0n) is 14.4. The van der Waals surface area contributed by atoms with Crippen LogP contribution in [0.25, 0.3) is 0 Å². The zero-order valence-corrected chi connectivity index (χ0v) is 16.0. The maximum atomic E-state index is 11.8. The third-order valence-electron chi connectivity index (χ3n) is 4.65. The van der Waals surface area contributed by atoms with Gasteiger partial charge in [0, 0.05) is 18.1 Å². The molecule has 1 aromatic carbocycles. The minimum absolute atomic E-state index is 0.212. The quantitative estimate of drug-likeness (QED) is 0.601. The molecule has 5 nitrogen and oxygen atoms in total. The Hall–Kier alpha value is -2.18. The van der Waals surface area contributed by atoms with E-state index in [0.29, 0.717) is 21.4 Å². The van der Waals surface area contributed by atoms with E-state index < -0.39 is 5.97 Å². The average molecular weight is 390 g/mol. The van der Waals surface area contributed by atoms with Crippen molar-refractivity contribution in [2.24, 2.45) is 0 Å². The third-order valence-corrected chi connectivity index (χ3v) is 5.19. The van der Waals surface area contributed by atoms with Crippen LogP contribution in [0.3, 0.4) is 0 Å². The van der Waals surface area contributed by atoms with Gasteiger partial charge in [-0.3, -0.25) is 4.98 Å². The lowest BCUT2D eigenvalue weighted by Crippen LogP contribution is -2.45. The Morgan fingerprint density at radius 1 is 1.31 bits per heavy atom. The standard InChI is InChI=1S/C19H20ClN3O2S/c1-25-17(24)15-11-14(6-7-16(15)20)22-18(26)23-19(8-2-3-9-19)13-5-4-10-21-12-13/h4-7,10-12H,2-3,8-9H2,1H3,(H2,22,23,26). The SMILES string of the molecule is COC(=O)c1cc(NC(=S)NC2(c3cccnc3)CCCC2)ccc1Cl. The lowest BCUT2D eigenvalue weighted by Gasteiger charge is -2.32. The van der Waals surface area contributed by atoms with E-state index in [1.54, 1.807) is 24.4 Å². The molecule has 0 atom stereocenters. The van der Waals surface area contributed by atoms with Crippen LogP contribution in [-0.2, 0) is 10.3 Å². The number of anilines is 1. The van der Waals surface area contributed by atoms with Crippen LogP contribution in [0.2, 0.25) is 5.02 Å². The molecule has 2 aromatic rings. The van der Waals surface area contributed by atoms with E-state index in [1.165, 1.54) is 7.11 Å². The smallest absolute Gasteiger partial charge is 0.339 e. The van der Waals surface area contributed by atoms with E-state index in [-0.39, 0.29) is 5.54 Å². The number of carbonyl (C=O) groups excluding carboxylic acids is 1. The molecule has 1 heterocycles. The summed E-state index contributed by atoms with van der Waals surface area (Å²) in [7, 11) is 1.32. The Balaban J connectivity index is 1.77. The molecule has 0 amide bonds. The number of aromatic nitrogens is 1. The molecule has 0 radical (unpaired) electrons. The zero-order chi connectivity index (χ0) is 18.6. The van der Waals surface area contributed by atoms with Crippen LogP contribution in [0.15, 0.2) is 42.7 Å². The van der Waals surface area contributed by atoms with Gasteiger partial charge in [-0.25, -0.2) is 4.79 Å². The largest absolute Gasteiger partial charge is 0.465 e. The summed E-state index contributed by atoms with van der Waals surface area (Å²) in [6.07, 6.45) is 7.92. The first-order chi connectivity index (χ1) is 12.5. The van der Waals surface area contributed by atoms with Crippen molar-refractivity contribution in [1.29, 1.82) is 0 Å². The molecule has 0 saturated heterocycles. The van der Waals surface area contributed by atoms with E-state index >= 15 is 0 Å². The summed E-state index contributed by atoms with van der Waals surface area (Å²) >= 11 is 11.6. The highest BCUT2D eigenvalue weighted by Gasteiger charge is 2.36. The number of hydrogen-bond acceptors (Lipinski definition) is 4. The first kappa shape index (κ1) is 18.6. The molecule has 7 heteroatoms. The monoisotopic (exact) mass is 389 g/mol. The van der Waals surface area contributed by atoms with Crippen molar-refractivity contribution in [2.45, 2.75) is 31.2 Å². The van der Waals surface area contributed by atoms with Crippen molar-refractivity contribution < 1.29 is 9.53 Å². The molecule has 1 saturated carbocycles. The second-order valence-corrected chi connectivity index (χ2v) is 7.11. The van der Waals surface area contributed by atoms with Crippen LogP contribution in [-0.4, -0.2) is 23.2 Å². The molecule has 0 unspecified atom stereocenters. The highest BCUT2D eigenvalue weighted by Crippen LogP contribution is 2.38. The number of ether oxygens (including phenoxy) is 1. The lowest BCUT2D eigenvalue weighted by molar-refractivity contribution is 0.0601. The van der Waals surface area contributed by atoms with Crippen LogP contribution in [0.4, 0.5) is 5.69 Å². The van der Waals surface area contributed by atoms with Crippen LogP contribution < -0.4 is 10.6 Å². The Bertz CT molecular complexity index is 808. The fourth-order valence-corrected chi connectivity index (χ4v) is 3.87. The van der Waals surface area contributed by atoms with Gasteiger partial charge in [-0.1, -0.05) is 30.5 Å². The number of rotatable bonds is 4. The first-order valence-corrected chi connectivity index (χ1v) is 9.20. The number of nitrogens with one attached hydrogen (secondary N) is 2. The molecule has 2 N–H and O–H groups in total. The van der Waals surface area contributed by atoms with Gasteiger partial charge in [-0.05, 0) is 54.9 Å². The maximum Gasteiger partial charge on any atom is 0.339 e. The predicted molar refractivity (Wildman–Crippen MR) is 107 cm³/mol. The Morgan fingerprint density at radius 3 is 2.73 bits per heavy atom. The number of thiocarbonyl (C=S) groups is 1. The van der Waals surface area contributed by atoms with E-state index in [4.69, 9.17) is 28.6 Å². The topological polar surface area (TPSA) is 63.2 Å². The summed E-state index contributed by atoms with van der Waals surface area (Å²) in [5, 5.41) is 7.44. The summed E-state index contributed by atoms with van der Waals surface area (Å²) in [6, 6.07) is 9.06. The van der Waals surface area contributed by atoms with E-state index in [9.17, 15) is 4.79 Å². The van der Waals surface area contributed by atoms with Crippen LogP contribution >= 0.6 is 23.8 Å². The number of hydrogen-bond donors (Lipinski definition) is 2. The summed E-state index contributed by atoms with van der Waals surface area (Å²) < 4.78 is 4.75. The van der Waals surface area contributed by atoms with Gasteiger partial charge in [0.15, 0.2) is 5.11 Å². The molecule has 0 spiro atoms. The molecular formula is C19H20ClN3O2S. The van der Waals surface area contributed by atoms with Gasteiger partial charge >= 0.3 is 5.97 Å². The summed E-state index contributed by atoms with van der Waals surface area (Å²) in [4.78, 5) is 16.0. The Morgan fingerprint density at radius 2 is 2.08 bits per heavy atom. The molecule has 1 aliphatic rings. The van der Waals surface area contributed by atoms with Crippen molar-refractivity contribution in [3.63, 3.8) is 0 Å². The number of benzene rings is 1. The van der Waals surface area contributed by atoms with Crippen LogP contribution in [0, 0.1) is 0 Å². The molecular weight excluding hydrogens is 370 g/mol. The van der Waals surface area contributed by atoms with Crippen molar-refractivity contribution >= 4 is 40.6 Å². The van der Waals surface area contributed by atoms with Crippen molar-refractivity contribution in [3.8, 4) is 0 Å². The van der Waals surface area contributed by atoms with Gasteiger partial charge in [0.2, 0.25) is 0 Å². The van der Waals surface area contributed by atoms with Gasteiger partial charge in [-0.15, -0.1) is 0 Å². The number of esters is 1. The highest BCUT2D eigenvalue weighted by molar-refractivity contribution is 7.80. The Labute approximate surface area is 163 Å². The highest BCUT2D eigenvalue weighted by atomic mass is 35.5. The van der Waals surface area contributed by atoms with Crippen molar-refractivity contribution in [3.05, 3.63) is 58.9 Å². The number of halogens is 1. The summed E-state index contributed by atoms with van der Waals surface area (Å²) in [5.41, 5.74) is 1.89. The van der Waals surface area contributed by atoms with Crippen molar-refractivity contribution in [2.75, 3.05) is 12.4 Å².